The van der Waals surface area contributed by atoms with E-state index in [1.165, 1.54) is 0 Å². The van der Waals surface area contributed by atoms with E-state index >= 15 is 0 Å². The van der Waals surface area contributed by atoms with Crippen LogP contribution in [0.1, 0.15) is 37.3 Å². The summed E-state index contributed by atoms with van der Waals surface area (Å²) in [7, 11) is 0. The summed E-state index contributed by atoms with van der Waals surface area (Å²) in [5, 5.41) is 0. The minimum Gasteiger partial charge on any atom is -0.207 e. The number of benzene rings is 1. The fourth-order valence-electron chi connectivity index (χ4n) is 1.30. The smallest absolute Gasteiger partial charge is 0.207 e. The lowest BCUT2D eigenvalue weighted by Gasteiger charge is -2.13. The Bertz CT molecular complexity index is 341. The van der Waals surface area contributed by atoms with Crippen molar-refractivity contribution < 1.29 is 17.6 Å². The Labute approximate surface area is 85.9 Å². The second kappa shape index (κ2) is 4.21. The van der Waals surface area contributed by atoms with E-state index in [9.17, 15) is 17.6 Å². The molecule has 0 bridgehead atoms. The zero-order valence-electron chi connectivity index (χ0n) is 8.53. The highest BCUT2D eigenvalue weighted by Crippen LogP contribution is 2.32. The maximum Gasteiger partial charge on any atom is 0.416 e. The number of hydrogen-bond donors (Lipinski definition) is 0. The summed E-state index contributed by atoms with van der Waals surface area (Å²) < 4.78 is 50.0. The molecule has 0 amide bonds. The van der Waals surface area contributed by atoms with Crippen LogP contribution in [0.2, 0.25) is 0 Å². The first-order chi connectivity index (χ1) is 6.84. The molecule has 0 radical (unpaired) electrons. The average molecular weight is 220 g/mol. The zero-order chi connectivity index (χ0) is 11.6. The lowest BCUT2D eigenvalue weighted by atomic mass is 9.96. The fourth-order valence-corrected chi connectivity index (χ4v) is 1.30. The van der Waals surface area contributed by atoms with Gasteiger partial charge in [0, 0.05) is 0 Å². The van der Waals surface area contributed by atoms with Gasteiger partial charge < -0.3 is 0 Å². The van der Waals surface area contributed by atoms with Gasteiger partial charge in [-0.15, -0.1) is 0 Å². The first kappa shape index (κ1) is 12.0. The monoisotopic (exact) mass is 220 g/mol. The van der Waals surface area contributed by atoms with Crippen LogP contribution in [-0.4, -0.2) is 0 Å². The van der Waals surface area contributed by atoms with E-state index in [1.54, 1.807) is 6.92 Å². The maximum absolute atomic E-state index is 13.0. The van der Waals surface area contributed by atoms with Crippen LogP contribution in [0.25, 0.3) is 0 Å². The van der Waals surface area contributed by atoms with Crippen LogP contribution >= 0.6 is 0 Å². The van der Waals surface area contributed by atoms with Crippen LogP contribution < -0.4 is 0 Å². The Morgan fingerprint density at radius 3 is 2.27 bits per heavy atom. The molecule has 0 spiro atoms. The van der Waals surface area contributed by atoms with Crippen molar-refractivity contribution in [2.24, 2.45) is 0 Å². The highest BCUT2D eigenvalue weighted by Gasteiger charge is 2.31. The second-order valence-corrected chi connectivity index (χ2v) is 3.58. The summed E-state index contributed by atoms with van der Waals surface area (Å²) >= 11 is 0. The Morgan fingerprint density at radius 1 is 1.20 bits per heavy atom. The van der Waals surface area contributed by atoms with Gasteiger partial charge in [0.25, 0.3) is 0 Å². The van der Waals surface area contributed by atoms with Gasteiger partial charge in [-0.25, -0.2) is 4.39 Å². The van der Waals surface area contributed by atoms with Crippen LogP contribution in [0.4, 0.5) is 17.6 Å². The maximum atomic E-state index is 13.0. The van der Waals surface area contributed by atoms with Gasteiger partial charge in [0.05, 0.1) is 5.56 Å². The normalized spacial score (nSPS) is 14.0. The average Bonchev–Trinajstić information content (AvgIpc) is 2.14. The van der Waals surface area contributed by atoms with E-state index in [0.29, 0.717) is 18.1 Å². The lowest BCUT2D eigenvalue weighted by Crippen LogP contribution is -2.07. The second-order valence-electron chi connectivity index (χ2n) is 3.58. The Kier molecular flexibility index (Phi) is 3.37. The minimum absolute atomic E-state index is 0.0678. The van der Waals surface area contributed by atoms with Crippen molar-refractivity contribution in [1.29, 1.82) is 0 Å². The third kappa shape index (κ3) is 2.94. The highest BCUT2D eigenvalue weighted by molar-refractivity contribution is 5.28. The van der Waals surface area contributed by atoms with Crippen molar-refractivity contribution in [1.82, 2.24) is 0 Å². The molecule has 15 heavy (non-hydrogen) atoms. The van der Waals surface area contributed by atoms with Crippen LogP contribution in [0, 0.1) is 5.82 Å². The third-order valence-electron chi connectivity index (χ3n) is 2.43. The molecule has 0 heterocycles. The summed E-state index contributed by atoms with van der Waals surface area (Å²) in [5.74, 6) is -0.901. The van der Waals surface area contributed by atoms with Gasteiger partial charge in [-0.1, -0.05) is 13.8 Å². The molecule has 0 saturated carbocycles. The van der Waals surface area contributed by atoms with Crippen molar-refractivity contribution in [2.45, 2.75) is 32.4 Å². The molecule has 1 aromatic carbocycles. The first-order valence-corrected chi connectivity index (χ1v) is 4.72. The molecule has 1 aromatic rings. The molecule has 0 aliphatic heterocycles. The summed E-state index contributed by atoms with van der Waals surface area (Å²) in [6.45, 7) is 3.62. The number of halogens is 4. The molecular formula is C11H12F4. The fraction of sp³-hybridized carbons (Fsp3) is 0.455. The van der Waals surface area contributed by atoms with Crippen LogP contribution in [0.3, 0.4) is 0 Å². The van der Waals surface area contributed by atoms with Gasteiger partial charge in [0.1, 0.15) is 5.82 Å². The van der Waals surface area contributed by atoms with Crippen LogP contribution in [0.5, 0.6) is 0 Å². The SMILES string of the molecule is CCC(C)c1cc(F)cc(C(F)(F)F)c1. The Balaban J connectivity index is 3.17. The number of alkyl halides is 3. The largest absolute Gasteiger partial charge is 0.416 e. The molecule has 0 nitrogen and oxygen atoms in total. The third-order valence-corrected chi connectivity index (χ3v) is 2.43. The van der Waals surface area contributed by atoms with E-state index in [1.807, 2.05) is 6.92 Å². The van der Waals surface area contributed by atoms with Gasteiger partial charge in [-0.2, -0.15) is 13.2 Å². The molecule has 1 rings (SSSR count). The van der Waals surface area contributed by atoms with Crippen molar-refractivity contribution in [3.63, 3.8) is 0 Å². The first-order valence-electron chi connectivity index (χ1n) is 4.72. The topological polar surface area (TPSA) is 0 Å². The van der Waals surface area contributed by atoms with Crippen molar-refractivity contribution >= 4 is 0 Å². The molecule has 0 aliphatic carbocycles. The minimum atomic E-state index is -4.48. The van der Waals surface area contributed by atoms with E-state index in [-0.39, 0.29) is 5.92 Å². The van der Waals surface area contributed by atoms with E-state index in [2.05, 4.69) is 0 Å². The van der Waals surface area contributed by atoms with Gasteiger partial charge in [0.15, 0.2) is 0 Å². The molecular weight excluding hydrogens is 208 g/mol. The Hall–Kier alpha value is -1.06. The van der Waals surface area contributed by atoms with Gasteiger partial charge in [-0.05, 0) is 36.1 Å². The van der Waals surface area contributed by atoms with Gasteiger partial charge in [-0.3, -0.25) is 0 Å². The van der Waals surface area contributed by atoms with Gasteiger partial charge >= 0.3 is 6.18 Å². The van der Waals surface area contributed by atoms with Crippen LogP contribution in [0.15, 0.2) is 18.2 Å². The van der Waals surface area contributed by atoms with E-state index in [0.717, 1.165) is 12.1 Å². The molecule has 0 saturated heterocycles. The molecule has 0 N–H and O–H groups in total. The van der Waals surface area contributed by atoms with Crippen molar-refractivity contribution in [2.75, 3.05) is 0 Å². The molecule has 0 fully saturated rings. The number of hydrogen-bond acceptors (Lipinski definition) is 0. The number of rotatable bonds is 2. The van der Waals surface area contributed by atoms with E-state index in [4.69, 9.17) is 0 Å². The predicted molar refractivity (Wildman–Crippen MR) is 50.1 cm³/mol. The molecule has 1 unspecified atom stereocenters. The van der Waals surface area contributed by atoms with E-state index < -0.39 is 17.6 Å². The molecule has 0 aromatic heterocycles. The Morgan fingerprint density at radius 2 is 1.80 bits per heavy atom. The zero-order valence-corrected chi connectivity index (χ0v) is 8.53. The van der Waals surface area contributed by atoms with Crippen molar-refractivity contribution in [3.8, 4) is 0 Å². The standard InChI is InChI=1S/C11H12F4/c1-3-7(2)8-4-9(11(13,14)15)6-10(12)5-8/h4-7H,3H2,1-2H3. The summed E-state index contributed by atoms with van der Waals surface area (Å²) in [4.78, 5) is 0. The summed E-state index contributed by atoms with van der Waals surface area (Å²) in [5.41, 5.74) is -0.525. The molecule has 84 valence electrons. The van der Waals surface area contributed by atoms with Gasteiger partial charge in [0.2, 0.25) is 0 Å². The quantitative estimate of drug-likeness (QED) is 0.649. The van der Waals surface area contributed by atoms with Crippen LogP contribution in [-0.2, 0) is 6.18 Å². The summed E-state index contributed by atoms with van der Waals surface area (Å²) in [6, 6.07) is 2.69. The molecule has 1 atom stereocenters. The highest BCUT2D eigenvalue weighted by atomic mass is 19.4. The van der Waals surface area contributed by atoms with Crippen molar-refractivity contribution in [3.05, 3.63) is 35.1 Å². The molecule has 4 heteroatoms. The predicted octanol–water partition coefficient (Wildman–Crippen LogP) is 4.36. The lowest BCUT2D eigenvalue weighted by molar-refractivity contribution is -0.137. The molecule has 0 aliphatic rings. The summed E-state index contributed by atoms with van der Waals surface area (Å²) in [6.07, 6.45) is -3.80.